The average Bonchev–Trinajstić information content (AvgIpc) is 2.72. The van der Waals surface area contributed by atoms with Crippen LogP contribution < -0.4 is 5.73 Å². The molecule has 108 valence electrons. The van der Waals surface area contributed by atoms with Gasteiger partial charge in [-0.15, -0.1) is 0 Å². The van der Waals surface area contributed by atoms with Crippen molar-refractivity contribution in [3.05, 3.63) is 70.7 Å². The molecule has 0 amide bonds. The fraction of sp³-hybridized carbons (Fsp3) is 0.222. The number of nitrogens with zero attached hydrogens (tertiary/aromatic N) is 1. The van der Waals surface area contributed by atoms with Crippen molar-refractivity contribution in [3.63, 3.8) is 0 Å². The molecule has 0 bridgehead atoms. The van der Waals surface area contributed by atoms with Crippen molar-refractivity contribution >= 4 is 10.9 Å². The first-order valence-electron chi connectivity index (χ1n) is 7.13. The van der Waals surface area contributed by atoms with E-state index in [4.69, 9.17) is 5.73 Å². The fourth-order valence-electron chi connectivity index (χ4n) is 2.85. The molecule has 1 heterocycles. The minimum Gasteiger partial charge on any atom is -0.340 e. The Bertz CT molecular complexity index is 802. The second-order valence-electron chi connectivity index (χ2n) is 5.48. The van der Waals surface area contributed by atoms with Crippen molar-refractivity contribution in [2.24, 2.45) is 5.73 Å². The molecule has 0 radical (unpaired) electrons. The summed E-state index contributed by atoms with van der Waals surface area (Å²) in [6.07, 6.45) is 0. The van der Waals surface area contributed by atoms with Gasteiger partial charge in [-0.05, 0) is 54.8 Å². The van der Waals surface area contributed by atoms with Gasteiger partial charge in [0.05, 0.1) is 0 Å². The van der Waals surface area contributed by atoms with Crippen molar-refractivity contribution in [1.82, 2.24) is 4.57 Å². The number of halogens is 1. The Hall–Kier alpha value is -2.13. The lowest BCUT2D eigenvalue weighted by atomic mass is 10.1. The summed E-state index contributed by atoms with van der Waals surface area (Å²) in [6, 6.07) is 13.1. The van der Waals surface area contributed by atoms with Crippen LogP contribution in [0.1, 0.15) is 22.4 Å². The highest BCUT2D eigenvalue weighted by molar-refractivity contribution is 5.86. The molecule has 3 heteroatoms. The largest absolute Gasteiger partial charge is 0.340 e. The van der Waals surface area contributed by atoms with E-state index in [0.717, 1.165) is 11.1 Å². The molecule has 0 saturated heterocycles. The first kappa shape index (κ1) is 13.8. The van der Waals surface area contributed by atoms with Crippen LogP contribution in [-0.4, -0.2) is 4.57 Å². The minimum absolute atomic E-state index is 0.191. The molecule has 1 aromatic heterocycles. The van der Waals surface area contributed by atoms with Gasteiger partial charge in [0, 0.05) is 29.7 Å². The molecule has 0 fully saturated rings. The maximum Gasteiger partial charge on any atom is 0.123 e. The molecule has 3 rings (SSSR count). The van der Waals surface area contributed by atoms with Crippen LogP contribution in [0.3, 0.4) is 0 Å². The number of hydrogen-bond acceptors (Lipinski definition) is 1. The van der Waals surface area contributed by atoms with Gasteiger partial charge in [0.2, 0.25) is 0 Å². The number of benzene rings is 2. The lowest BCUT2D eigenvalue weighted by Crippen LogP contribution is -2.02. The van der Waals surface area contributed by atoms with Crippen LogP contribution in [0.15, 0.2) is 42.5 Å². The minimum atomic E-state index is -0.191. The van der Waals surface area contributed by atoms with E-state index >= 15 is 0 Å². The summed E-state index contributed by atoms with van der Waals surface area (Å²) < 4.78 is 15.6. The standard InChI is InChI=1S/C18H19FN2/c1-12-13(2)21(11-15-4-3-5-16(19)8-15)18-7-6-14(10-20)9-17(12)18/h3-9H,10-11,20H2,1-2H3. The van der Waals surface area contributed by atoms with E-state index in [2.05, 4.69) is 36.6 Å². The van der Waals surface area contributed by atoms with Gasteiger partial charge in [0.25, 0.3) is 0 Å². The third kappa shape index (κ3) is 2.45. The number of hydrogen-bond donors (Lipinski definition) is 1. The Labute approximate surface area is 124 Å². The van der Waals surface area contributed by atoms with E-state index in [1.807, 2.05) is 6.07 Å². The van der Waals surface area contributed by atoms with Crippen molar-refractivity contribution in [2.45, 2.75) is 26.9 Å². The van der Waals surface area contributed by atoms with Crippen LogP contribution in [0.2, 0.25) is 0 Å². The van der Waals surface area contributed by atoms with Crippen LogP contribution in [-0.2, 0) is 13.1 Å². The number of aryl methyl sites for hydroxylation is 1. The average molecular weight is 282 g/mol. The molecular weight excluding hydrogens is 263 g/mol. The molecule has 2 nitrogen and oxygen atoms in total. The van der Waals surface area contributed by atoms with E-state index < -0.39 is 0 Å². The zero-order chi connectivity index (χ0) is 15.0. The van der Waals surface area contributed by atoms with E-state index in [9.17, 15) is 4.39 Å². The molecule has 0 aliphatic heterocycles. The summed E-state index contributed by atoms with van der Waals surface area (Å²) in [5, 5.41) is 1.23. The Morgan fingerprint density at radius 1 is 1.05 bits per heavy atom. The molecule has 0 aliphatic rings. The van der Waals surface area contributed by atoms with Gasteiger partial charge >= 0.3 is 0 Å². The van der Waals surface area contributed by atoms with Crippen LogP contribution in [0.25, 0.3) is 10.9 Å². The molecule has 2 aromatic carbocycles. The normalized spacial score (nSPS) is 11.2. The van der Waals surface area contributed by atoms with Crippen molar-refractivity contribution in [1.29, 1.82) is 0 Å². The summed E-state index contributed by atoms with van der Waals surface area (Å²) in [6.45, 7) is 5.45. The maximum absolute atomic E-state index is 13.4. The zero-order valence-corrected chi connectivity index (χ0v) is 12.4. The second-order valence-corrected chi connectivity index (χ2v) is 5.48. The quantitative estimate of drug-likeness (QED) is 0.776. The van der Waals surface area contributed by atoms with Crippen molar-refractivity contribution in [2.75, 3.05) is 0 Å². The molecule has 0 aliphatic carbocycles. The predicted molar refractivity (Wildman–Crippen MR) is 84.8 cm³/mol. The first-order chi connectivity index (χ1) is 10.1. The van der Waals surface area contributed by atoms with E-state index in [0.29, 0.717) is 13.1 Å². The monoisotopic (exact) mass is 282 g/mol. The smallest absolute Gasteiger partial charge is 0.123 e. The SMILES string of the molecule is Cc1c(C)n(Cc2cccc(F)c2)c2ccc(CN)cc12. The summed E-state index contributed by atoms with van der Waals surface area (Å²) in [5.74, 6) is -0.191. The summed E-state index contributed by atoms with van der Waals surface area (Å²) in [5.41, 5.74) is 11.5. The second kappa shape index (κ2) is 5.34. The number of rotatable bonds is 3. The highest BCUT2D eigenvalue weighted by Crippen LogP contribution is 2.27. The Kier molecular flexibility index (Phi) is 3.52. The molecular formula is C18H19FN2. The van der Waals surface area contributed by atoms with Crippen molar-refractivity contribution in [3.8, 4) is 0 Å². The highest BCUT2D eigenvalue weighted by atomic mass is 19.1. The van der Waals surface area contributed by atoms with E-state index in [1.54, 1.807) is 12.1 Å². The Balaban J connectivity index is 2.12. The molecule has 0 unspecified atom stereocenters. The van der Waals surface area contributed by atoms with E-state index in [1.165, 1.54) is 28.2 Å². The van der Waals surface area contributed by atoms with Gasteiger partial charge in [-0.3, -0.25) is 0 Å². The predicted octanol–water partition coefficient (Wildman–Crippen LogP) is 3.90. The molecule has 3 aromatic rings. The number of fused-ring (bicyclic) bond motifs is 1. The number of nitrogens with two attached hydrogens (primary N) is 1. The fourth-order valence-corrected chi connectivity index (χ4v) is 2.85. The highest BCUT2D eigenvalue weighted by Gasteiger charge is 2.11. The third-order valence-corrected chi connectivity index (χ3v) is 4.17. The first-order valence-corrected chi connectivity index (χ1v) is 7.13. The topological polar surface area (TPSA) is 30.9 Å². The van der Waals surface area contributed by atoms with Gasteiger partial charge < -0.3 is 10.3 Å². The van der Waals surface area contributed by atoms with Gasteiger partial charge in [-0.1, -0.05) is 18.2 Å². The van der Waals surface area contributed by atoms with Gasteiger partial charge in [0.1, 0.15) is 5.82 Å². The lowest BCUT2D eigenvalue weighted by molar-refractivity contribution is 0.623. The van der Waals surface area contributed by atoms with Crippen LogP contribution in [0.5, 0.6) is 0 Å². The molecule has 0 saturated carbocycles. The van der Waals surface area contributed by atoms with Crippen LogP contribution in [0, 0.1) is 19.7 Å². The zero-order valence-electron chi connectivity index (χ0n) is 12.4. The van der Waals surface area contributed by atoms with Gasteiger partial charge in [-0.25, -0.2) is 4.39 Å². The van der Waals surface area contributed by atoms with Crippen LogP contribution >= 0.6 is 0 Å². The Morgan fingerprint density at radius 2 is 1.86 bits per heavy atom. The van der Waals surface area contributed by atoms with Gasteiger partial charge in [0.15, 0.2) is 0 Å². The maximum atomic E-state index is 13.4. The van der Waals surface area contributed by atoms with Crippen molar-refractivity contribution < 1.29 is 4.39 Å². The summed E-state index contributed by atoms with van der Waals surface area (Å²) in [4.78, 5) is 0. The Morgan fingerprint density at radius 3 is 2.57 bits per heavy atom. The number of aromatic nitrogens is 1. The third-order valence-electron chi connectivity index (χ3n) is 4.17. The molecule has 0 atom stereocenters. The molecule has 2 N–H and O–H groups in total. The van der Waals surface area contributed by atoms with Crippen LogP contribution in [0.4, 0.5) is 4.39 Å². The van der Waals surface area contributed by atoms with E-state index in [-0.39, 0.29) is 5.82 Å². The molecule has 0 spiro atoms. The summed E-state index contributed by atoms with van der Waals surface area (Å²) in [7, 11) is 0. The van der Waals surface area contributed by atoms with Gasteiger partial charge in [-0.2, -0.15) is 0 Å². The molecule has 21 heavy (non-hydrogen) atoms. The lowest BCUT2D eigenvalue weighted by Gasteiger charge is -2.09. The summed E-state index contributed by atoms with van der Waals surface area (Å²) >= 11 is 0.